The molecule has 2 aromatic heterocycles. The van der Waals surface area contributed by atoms with Crippen molar-refractivity contribution in [2.45, 2.75) is 26.3 Å². The van der Waals surface area contributed by atoms with Gasteiger partial charge in [0.15, 0.2) is 5.65 Å². The van der Waals surface area contributed by atoms with E-state index in [1.165, 1.54) is 5.56 Å². The van der Waals surface area contributed by atoms with Crippen LogP contribution in [-0.2, 0) is 11.3 Å². The highest BCUT2D eigenvalue weighted by atomic mass is 35.5. The van der Waals surface area contributed by atoms with Crippen LogP contribution in [0.1, 0.15) is 24.0 Å². The summed E-state index contributed by atoms with van der Waals surface area (Å²) in [6, 6.07) is 15.8. The topological polar surface area (TPSA) is 75.9 Å². The van der Waals surface area contributed by atoms with Gasteiger partial charge in [0.1, 0.15) is 12.1 Å². The molecule has 7 nitrogen and oxygen atoms in total. The summed E-state index contributed by atoms with van der Waals surface area (Å²) in [5.74, 6) is 0.976. The van der Waals surface area contributed by atoms with E-state index in [1.807, 2.05) is 47.3 Å². The minimum absolute atomic E-state index is 0.00107. The van der Waals surface area contributed by atoms with E-state index >= 15 is 0 Å². The Morgan fingerprint density at radius 3 is 2.52 bits per heavy atom. The molecule has 3 heterocycles. The van der Waals surface area contributed by atoms with E-state index in [4.69, 9.17) is 11.6 Å². The fourth-order valence-corrected chi connectivity index (χ4v) is 4.32. The minimum atomic E-state index is 0.00107. The molecule has 0 spiro atoms. The number of benzene rings is 2. The summed E-state index contributed by atoms with van der Waals surface area (Å²) in [7, 11) is 0. The zero-order chi connectivity index (χ0) is 22.8. The number of aryl methyl sites for hydroxylation is 1. The number of hydrogen-bond acceptors (Lipinski definition) is 5. The number of nitrogens with zero attached hydrogens (tertiary/aromatic N) is 5. The summed E-state index contributed by atoms with van der Waals surface area (Å²) in [5, 5.41) is 9.31. The lowest BCUT2D eigenvalue weighted by Crippen LogP contribution is -2.40. The number of carbonyl (C=O) groups is 1. The van der Waals surface area contributed by atoms with Crippen LogP contribution in [0.2, 0.25) is 5.02 Å². The second-order valence-electron chi connectivity index (χ2n) is 8.45. The number of carbonyl (C=O) groups excluding carboxylic acids is 1. The second-order valence-corrected chi connectivity index (χ2v) is 8.89. The highest BCUT2D eigenvalue weighted by Gasteiger charge is 2.27. The summed E-state index contributed by atoms with van der Waals surface area (Å²) in [6.07, 6.45) is 5.11. The van der Waals surface area contributed by atoms with Crippen molar-refractivity contribution in [3.63, 3.8) is 0 Å². The third-order valence-electron chi connectivity index (χ3n) is 6.14. The second kappa shape index (κ2) is 9.19. The zero-order valence-electron chi connectivity index (χ0n) is 18.4. The fourth-order valence-electron chi connectivity index (χ4n) is 4.20. The Labute approximate surface area is 197 Å². The Balaban J connectivity index is 1.25. The largest absolute Gasteiger partial charge is 0.356 e. The number of halogens is 1. The number of amides is 1. The third-order valence-corrected chi connectivity index (χ3v) is 6.39. The smallest absolute Gasteiger partial charge is 0.223 e. The van der Waals surface area contributed by atoms with E-state index in [9.17, 15) is 4.79 Å². The first-order valence-electron chi connectivity index (χ1n) is 11.1. The number of fused-ring (bicyclic) bond motifs is 1. The van der Waals surface area contributed by atoms with Gasteiger partial charge in [-0.15, -0.1) is 5.10 Å². The lowest BCUT2D eigenvalue weighted by atomic mass is 9.95. The first-order chi connectivity index (χ1) is 16.1. The van der Waals surface area contributed by atoms with Crippen molar-refractivity contribution >= 4 is 34.4 Å². The molecule has 1 saturated heterocycles. The van der Waals surface area contributed by atoms with Crippen molar-refractivity contribution in [2.24, 2.45) is 5.92 Å². The number of piperidine rings is 1. The van der Waals surface area contributed by atoms with Crippen LogP contribution in [0.3, 0.4) is 0 Å². The number of nitrogens with one attached hydrogen (secondary N) is 1. The highest BCUT2D eigenvalue weighted by molar-refractivity contribution is 6.30. The van der Waals surface area contributed by atoms with Gasteiger partial charge in [0.05, 0.1) is 11.1 Å². The molecule has 33 heavy (non-hydrogen) atoms. The molecule has 0 saturated carbocycles. The maximum absolute atomic E-state index is 12.7. The lowest BCUT2D eigenvalue weighted by Gasteiger charge is -2.32. The van der Waals surface area contributed by atoms with Crippen LogP contribution in [0.25, 0.3) is 16.7 Å². The maximum atomic E-state index is 12.7. The van der Waals surface area contributed by atoms with Gasteiger partial charge in [-0.25, -0.2) is 14.6 Å². The average Bonchev–Trinajstić information content (AvgIpc) is 3.28. The van der Waals surface area contributed by atoms with E-state index in [0.717, 1.165) is 48.4 Å². The summed E-state index contributed by atoms with van der Waals surface area (Å²) >= 11 is 5.93. The van der Waals surface area contributed by atoms with Crippen molar-refractivity contribution < 1.29 is 4.79 Å². The van der Waals surface area contributed by atoms with Crippen molar-refractivity contribution in [3.05, 3.63) is 77.2 Å². The first-order valence-corrected chi connectivity index (χ1v) is 11.5. The summed E-state index contributed by atoms with van der Waals surface area (Å²) in [6.45, 7) is 4.11. The average molecular weight is 461 g/mol. The molecule has 8 heteroatoms. The molecule has 2 aromatic carbocycles. The Morgan fingerprint density at radius 2 is 1.79 bits per heavy atom. The highest BCUT2D eigenvalue weighted by Crippen LogP contribution is 2.28. The van der Waals surface area contributed by atoms with Gasteiger partial charge in [0, 0.05) is 36.8 Å². The molecular weight excluding hydrogens is 436 g/mol. The van der Waals surface area contributed by atoms with Crippen LogP contribution in [0.15, 0.2) is 61.1 Å². The van der Waals surface area contributed by atoms with E-state index in [1.54, 1.807) is 6.33 Å². The first kappa shape index (κ1) is 21.4. The Hall–Kier alpha value is -3.45. The summed E-state index contributed by atoms with van der Waals surface area (Å²) in [4.78, 5) is 23.8. The number of hydrogen-bond donors (Lipinski definition) is 1. The quantitative estimate of drug-likeness (QED) is 0.480. The van der Waals surface area contributed by atoms with E-state index in [2.05, 4.69) is 44.3 Å². The molecule has 1 aliphatic heterocycles. The van der Waals surface area contributed by atoms with E-state index in [0.29, 0.717) is 17.2 Å². The monoisotopic (exact) mass is 460 g/mol. The van der Waals surface area contributed by atoms with Crippen molar-refractivity contribution in [2.75, 3.05) is 18.0 Å². The van der Waals surface area contributed by atoms with Gasteiger partial charge < -0.3 is 10.2 Å². The number of anilines is 1. The Morgan fingerprint density at radius 1 is 1.06 bits per heavy atom. The molecule has 0 unspecified atom stereocenters. The third kappa shape index (κ3) is 4.68. The summed E-state index contributed by atoms with van der Waals surface area (Å²) in [5.41, 5.74) is 3.90. The molecule has 0 bridgehead atoms. The molecule has 0 atom stereocenters. The van der Waals surface area contributed by atoms with Gasteiger partial charge in [-0.05, 0) is 49.6 Å². The molecule has 1 amide bonds. The van der Waals surface area contributed by atoms with Crippen molar-refractivity contribution in [3.8, 4) is 5.69 Å². The molecule has 1 fully saturated rings. The predicted molar refractivity (Wildman–Crippen MR) is 130 cm³/mol. The maximum Gasteiger partial charge on any atom is 0.223 e. The van der Waals surface area contributed by atoms with Gasteiger partial charge in [-0.3, -0.25) is 4.79 Å². The SMILES string of the molecule is Cc1ccc(-n2cc3c(N4CCC(C(=O)NCc5ccc(Cl)cc5)CC4)ncnc3n2)cc1. The molecule has 4 aromatic rings. The number of rotatable bonds is 5. The lowest BCUT2D eigenvalue weighted by molar-refractivity contribution is -0.125. The fraction of sp³-hybridized carbons (Fsp3) is 0.280. The molecule has 1 aliphatic rings. The normalized spacial score (nSPS) is 14.5. The van der Waals surface area contributed by atoms with Crippen LogP contribution >= 0.6 is 11.6 Å². The van der Waals surface area contributed by atoms with Crippen LogP contribution in [0, 0.1) is 12.8 Å². The van der Waals surface area contributed by atoms with Gasteiger partial charge in [0.2, 0.25) is 5.91 Å². The molecule has 5 rings (SSSR count). The van der Waals surface area contributed by atoms with Crippen LogP contribution in [-0.4, -0.2) is 38.7 Å². The van der Waals surface area contributed by atoms with Crippen LogP contribution < -0.4 is 10.2 Å². The summed E-state index contributed by atoms with van der Waals surface area (Å²) < 4.78 is 1.85. The van der Waals surface area contributed by atoms with Gasteiger partial charge in [0.25, 0.3) is 0 Å². The van der Waals surface area contributed by atoms with Gasteiger partial charge >= 0.3 is 0 Å². The minimum Gasteiger partial charge on any atom is -0.356 e. The zero-order valence-corrected chi connectivity index (χ0v) is 19.2. The van der Waals surface area contributed by atoms with Gasteiger partial charge in [-0.2, -0.15) is 0 Å². The van der Waals surface area contributed by atoms with Crippen molar-refractivity contribution in [1.82, 2.24) is 25.1 Å². The number of aromatic nitrogens is 4. The molecule has 0 radical (unpaired) electrons. The van der Waals surface area contributed by atoms with Gasteiger partial charge in [-0.1, -0.05) is 41.4 Å². The van der Waals surface area contributed by atoms with E-state index < -0.39 is 0 Å². The molecule has 0 aliphatic carbocycles. The standard InChI is InChI=1S/C25H25ClN6O/c1-17-2-8-21(9-3-17)32-15-22-23(30-32)28-16-29-24(22)31-12-10-19(11-13-31)25(33)27-14-18-4-6-20(26)7-5-18/h2-9,15-16,19H,10-14H2,1H3,(H,27,33). The Bertz CT molecular complexity index is 1260. The predicted octanol–water partition coefficient (Wildman–Crippen LogP) is 4.31. The molecule has 168 valence electrons. The molecular formula is C25H25ClN6O. The van der Waals surface area contributed by atoms with Crippen LogP contribution in [0.5, 0.6) is 0 Å². The van der Waals surface area contributed by atoms with E-state index in [-0.39, 0.29) is 11.8 Å². The molecule has 1 N–H and O–H groups in total. The van der Waals surface area contributed by atoms with Crippen LogP contribution in [0.4, 0.5) is 5.82 Å². The Kier molecular flexibility index (Phi) is 5.96. The van der Waals surface area contributed by atoms with Crippen molar-refractivity contribution in [1.29, 1.82) is 0 Å².